The molecule has 0 radical (unpaired) electrons. The van der Waals surface area contributed by atoms with Crippen molar-refractivity contribution >= 4 is 45.3 Å². The number of carbonyl (C=O) groups is 4. The van der Waals surface area contributed by atoms with Gasteiger partial charge in [0, 0.05) is 71.5 Å². The number of Topliss-reactive ketones (excluding diaryl/α,β-unsaturated/α-hetero) is 2. The van der Waals surface area contributed by atoms with Crippen molar-refractivity contribution in [2.45, 2.75) is 32.7 Å². The number of esters is 2. The highest BCUT2D eigenvalue weighted by atomic mass is 16.5. The lowest BCUT2D eigenvalue weighted by Gasteiger charge is -2.27. The maximum absolute atomic E-state index is 13.4. The summed E-state index contributed by atoms with van der Waals surface area (Å²) in [5, 5.41) is 1.38. The van der Waals surface area contributed by atoms with E-state index >= 15 is 0 Å². The van der Waals surface area contributed by atoms with Gasteiger partial charge in [-0.3, -0.25) is 19.4 Å². The van der Waals surface area contributed by atoms with Crippen LogP contribution in [0.5, 0.6) is 0 Å². The van der Waals surface area contributed by atoms with Gasteiger partial charge >= 0.3 is 11.9 Å². The molecule has 0 bridgehead atoms. The van der Waals surface area contributed by atoms with Gasteiger partial charge in [-0.05, 0) is 41.0 Å². The maximum Gasteiger partial charge on any atom is 0.338 e. The Kier molecular flexibility index (Phi) is 10.6. The van der Waals surface area contributed by atoms with Crippen molar-refractivity contribution in [3.05, 3.63) is 178 Å². The summed E-state index contributed by atoms with van der Waals surface area (Å²) in [6, 6.07) is 41.4. The largest absolute Gasteiger partial charge is 0.465 e. The second-order valence-corrected chi connectivity index (χ2v) is 14.4. The Hall–Kier alpha value is -6.62. The molecular formula is C47H42N4O6. The molecular weight excluding hydrogens is 717 g/mol. The van der Waals surface area contributed by atoms with E-state index in [1.54, 1.807) is 18.2 Å². The number of rotatable bonds is 8. The third kappa shape index (κ3) is 7.52. The molecule has 9 rings (SSSR count). The maximum atomic E-state index is 13.4. The summed E-state index contributed by atoms with van der Waals surface area (Å²) >= 11 is 0. The van der Waals surface area contributed by atoms with E-state index in [0.717, 1.165) is 28.0 Å². The molecule has 57 heavy (non-hydrogen) atoms. The summed E-state index contributed by atoms with van der Waals surface area (Å²) in [7, 11) is 2.72. The van der Waals surface area contributed by atoms with Gasteiger partial charge in [0.25, 0.3) is 0 Å². The number of carbonyl (C=O) groups excluding carboxylic acids is 4. The molecule has 0 amide bonds. The molecule has 10 heteroatoms. The van der Waals surface area contributed by atoms with Gasteiger partial charge in [0.2, 0.25) is 0 Å². The van der Waals surface area contributed by atoms with Crippen LogP contribution in [0.1, 0.15) is 69.5 Å². The third-order valence-corrected chi connectivity index (χ3v) is 10.6. The molecule has 2 aliphatic rings. The fourth-order valence-electron chi connectivity index (χ4n) is 8.17. The molecule has 0 spiro atoms. The smallest absolute Gasteiger partial charge is 0.338 e. The van der Waals surface area contributed by atoms with Gasteiger partial charge in [-0.2, -0.15) is 0 Å². The van der Waals surface area contributed by atoms with Crippen molar-refractivity contribution < 1.29 is 28.7 Å². The lowest BCUT2D eigenvalue weighted by Crippen LogP contribution is -2.35. The number of hydrogen-bond acceptors (Lipinski definition) is 8. The normalized spacial score (nSPS) is 14.1. The number of hydrogen-bond donors (Lipinski definition) is 1. The number of H-pyrrole nitrogens is 1. The molecule has 5 aromatic carbocycles. The molecule has 7 aromatic rings. The molecule has 2 aromatic heterocycles. The summed E-state index contributed by atoms with van der Waals surface area (Å²) in [6.07, 6.45) is 0. The van der Waals surface area contributed by atoms with Crippen LogP contribution in [-0.2, 0) is 42.2 Å². The highest BCUT2D eigenvalue weighted by Crippen LogP contribution is 2.35. The van der Waals surface area contributed by atoms with Gasteiger partial charge in [-0.1, -0.05) is 103 Å². The van der Waals surface area contributed by atoms with Crippen LogP contribution in [0, 0.1) is 0 Å². The number of fused-ring (bicyclic) bond motifs is 6. The van der Waals surface area contributed by atoms with Crippen molar-refractivity contribution in [2.75, 3.05) is 27.3 Å². The topological polar surface area (TPSA) is 114 Å². The molecule has 0 unspecified atom stereocenters. The zero-order valence-electron chi connectivity index (χ0n) is 31.9. The Morgan fingerprint density at radius 1 is 0.544 bits per heavy atom. The lowest BCUT2D eigenvalue weighted by atomic mass is 9.98. The molecule has 0 fully saturated rings. The first-order chi connectivity index (χ1) is 27.8. The Balaban J connectivity index is 0.000000165. The lowest BCUT2D eigenvalue weighted by molar-refractivity contribution is 0.0594. The summed E-state index contributed by atoms with van der Waals surface area (Å²) < 4.78 is 12.1. The minimum absolute atomic E-state index is 0.0276. The molecule has 2 aliphatic heterocycles. The van der Waals surface area contributed by atoms with E-state index in [4.69, 9.17) is 9.47 Å². The van der Waals surface area contributed by atoms with Crippen LogP contribution in [0.15, 0.2) is 127 Å². The van der Waals surface area contributed by atoms with Crippen LogP contribution >= 0.6 is 0 Å². The highest BCUT2D eigenvalue weighted by Gasteiger charge is 2.33. The second-order valence-electron chi connectivity index (χ2n) is 14.4. The fourth-order valence-corrected chi connectivity index (χ4v) is 8.17. The van der Waals surface area contributed by atoms with Crippen molar-refractivity contribution in [2.24, 2.45) is 0 Å². The average molecular weight is 759 g/mol. The van der Waals surface area contributed by atoms with Gasteiger partial charge < -0.3 is 19.0 Å². The van der Waals surface area contributed by atoms with E-state index < -0.39 is 11.9 Å². The Morgan fingerprint density at radius 3 is 1.60 bits per heavy atom. The predicted molar refractivity (Wildman–Crippen MR) is 218 cm³/mol. The van der Waals surface area contributed by atoms with Gasteiger partial charge in [0.1, 0.15) is 0 Å². The highest BCUT2D eigenvalue weighted by molar-refractivity contribution is 6.18. The Bertz CT molecular complexity index is 2610. The number of ketones is 2. The van der Waals surface area contributed by atoms with Gasteiger partial charge in [-0.15, -0.1) is 0 Å². The van der Waals surface area contributed by atoms with E-state index in [0.29, 0.717) is 78.8 Å². The number of nitrogens with one attached hydrogen (secondary N) is 1. The number of benzene rings is 5. The standard InChI is InChI=1S/C27H24N2O3.C20H18N2O3/c1-32-27(31)21-13-8-14-22-25(21)26-23(29(22)16-20-11-6-3-7-12-20)17-28(18-24(26)30)15-19-9-4-2-5-10-19;1-25-20(24)14-8-5-9-15-18(14)19-16(21-15)11-22(12-17(19)23)10-13-6-3-2-4-7-13/h2-14H,15-18H2,1H3;2-9,21H,10-12H2,1H3. The molecule has 0 saturated carbocycles. The van der Waals surface area contributed by atoms with Crippen LogP contribution in [0.3, 0.4) is 0 Å². The van der Waals surface area contributed by atoms with E-state index in [1.807, 2.05) is 72.8 Å². The minimum atomic E-state index is -0.424. The third-order valence-electron chi connectivity index (χ3n) is 10.6. The minimum Gasteiger partial charge on any atom is -0.465 e. The summed E-state index contributed by atoms with van der Waals surface area (Å²) in [5.41, 5.74) is 9.13. The van der Waals surface area contributed by atoms with E-state index in [1.165, 1.54) is 25.3 Å². The van der Waals surface area contributed by atoms with Crippen LogP contribution in [-0.4, -0.2) is 70.2 Å². The fraction of sp³-hybridized carbons (Fsp3) is 0.191. The van der Waals surface area contributed by atoms with Gasteiger partial charge in [0.05, 0.1) is 44.0 Å². The number of nitrogens with zero attached hydrogens (tertiary/aromatic N) is 3. The number of ether oxygens (including phenoxy) is 2. The van der Waals surface area contributed by atoms with Crippen molar-refractivity contribution in [3.63, 3.8) is 0 Å². The van der Waals surface area contributed by atoms with Crippen molar-refractivity contribution in [3.8, 4) is 0 Å². The second kappa shape index (κ2) is 16.2. The predicted octanol–water partition coefficient (Wildman–Crippen LogP) is 7.83. The van der Waals surface area contributed by atoms with Crippen molar-refractivity contribution in [1.82, 2.24) is 19.4 Å². The molecule has 4 heterocycles. The van der Waals surface area contributed by atoms with Crippen LogP contribution in [0.25, 0.3) is 21.8 Å². The quantitative estimate of drug-likeness (QED) is 0.156. The number of methoxy groups -OCH3 is 2. The summed E-state index contributed by atoms with van der Waals surface area (Å²) in [5.74, 6) is -0.781. The number of aromatic amines is 1. The van der Waals surface area contributed by atoms with E-state index in [-0.39, 0.29) is 11.6 Å². The number of aromatic nitrogens is 2. The first kappa shape index (κ1) is 37.3. The first-order valence-electron chi connectivity index (χ1n) is 18.9. The molecule has 10 nitrogen and oxygen atoms in total. The van der Waals surface area contributed by atoms with E-state index in [2.05, 4.69) is 55.7 Å². The van der Waals surface area contributed by atoms with Gasteiger partial charge in [0.15, 0.2) is 11.6 Å². The van der Waals surface area contributed by atoms with Crippen molar-refractivity contribution in [1.29, 1.82) is 0 Å². The van der Waals surface area contributed by atoms with Gasteiger partial charge in [-0.25, -0.2) is 9.59 Å². The Morgan fingerprint density at radius 2 is 1.04 bits per heavy atom. The zero-order chi connectivity index (χ0) is 39.5. The summed E-state index contributed by atoms with van der Waals surface area (Å²) in [4.78, 5) is 58.4. The van der Waals surface area contributed by atoms with Crippen LogP contribution < -0.4 is 0 Å². The first-order valence-corrected chi connectivity index (χ1v) is 18.9. The molecule has 0 saturated heterocycles. The molecule has 286 valence electrons. The average Bonchev–Trinajstić information content (AvgIpc) is 3.77. The summed E-state index contributed by atoms with van der Waals surface area (Å²) in [6.45, 7) is 3.98. The zero-order valence-corrected chi connectivity index (χ0v) is 31.9. The molecule has 0 atom stereocenters. The molecule has 0 aliphatic carbocycles. The van der Waals surface area contributed by atoms with Crippen LogP contribution in [0.2, 0.25) is 0 Å². The van der Waals surface area contributed by atoms with Crippen LogP contribution in [0.4, 0.5) is 0 Å². The molecule has 1 N–H and O–H groups in total. The van der Waals surface area contributed by atoms with E-state index in [9.17, 15) is 19.2 Å². The Labute approximate surface area is 330 Å². The SMILES string of the molecule is COC(=O)c1cccc2[nH]c3c(c12)C(=O)CN(Cc1ccccc1)C3.COC(=O)c1cccc2c1c1c(n2Cc2ccccc2)CN(Cc2ccccc2)CC1=O. The monoisotopic (exact) mass is 758 g/mol.